The molecule has 30 heavy (non-hydrogen) atoms. The third kappa shape index (κ3) is 3.31. The van der Waals surface area contributed by atoms with Crippen molar-refractivity contribution in [3.63, 3.8) is 0 Å². The molecule has 2 amide bonds. The van der Waals surface area contributed by atoms with Gasteiger partial charge in [-0.05, 0) is 36.9 Å². The van der Waals surface area contributed by atoms with Gasteiger partial charge in [0.15, 0.2) is 5.82 Å². The number of thiophene rings is 1. The van der Waals surface area contributed by atoms with Crippen molar-refractivity contribution in [1.82, 2.24) is 20.1 Å². The van der Waals surface area contributed by atoms with Gasteiger partial charge in [0.25, 0.3) is 0 Å². The first-order valence-electron chi connectivity index (χ1n) is 10.2. The Morgan fingerprint density at radius 2 is 2.07 bits per heavy atom. The molecule has 1 saturated heterocycles. The van der Waals surface area contributed by atoms with Crippen LogP contribution in [0.2, 0.25) is 0 Å². The molecule has 2 aromatic heterocycles. The number of carbonyl (C=O) groups excluding carboxylic acids is 2. The summed E-state index contributed by atoms with van der Waals surface area (Å²) in [5.41, 5.74) is 1.96. The first kappa shape index (κ1) is 19.0. The van der Waals surface area contributed by atoms with Crippen molar-refractivity contribution in [1.29, 1.82) is 0 Å². The van der Waals surface area contributed by atoms with Gasteiger partial charge in [-0.1, -0.05) is 23.8 Å². The van der Waals surface area contributed by atoms with E-state index in [0.717, 1.165) is 47.2 Å². The first-order chi connectivity index (χ1) is 14.6. The van der Waals surface area contributed by atoms with E-state index in [1.165, 1.54) is 0 Å². The molecule has 0 aliphatic carbocycles. The number of hydrogen-bond acceptors (Lipinski definition) is 5. The summed E-state index contributed by atoms with van der Waals surface area (Å²) in [6.07, 6.45) is 2.19. The lowest BCUT2D eigenvalue weighted by molar-refractivity contribution is -0.127. The largest absolute Gasteiger partial charge is 0.348 e. The Kier molecular flexibility index (Phi) is 4.86. The van der Waals surface area contributed by atoms with E-state index in [4.69, 9.17) is 0 Å². The minimum atomic E-state index is -0.446. The van der Waals surface area contributed by atoms with Crippen LogP contribution in [0.5, 0.6) is 0 Å². The van der Waals surface area contributed by atoms with Crippen LogP contribution in [0.1, 0.15) is 41.0 Å². The summed E-state index contributed by atoms with van der Waals surface area (Å²) in [4.78, 5) is 29.0. The van der Waals surface area contributed by atoms with E-state index in [1.807, 2.05) is 48.7 Å². The molecule has 5 rings (SSSR count). The summed E-state index contributed by atoms with van der Waals surface area (Å²) < 4.78 is 2.08. The molecule has 1 fully saturated rings. The number of carbonyl (C=O) groups is 2. The number of rotatable bonds is 5. The molecule has 2 aliphatic heterocycles. The van der Waals surface area contributed by atoms with Crippen molar-refractivity contribution in [2.24, 2.45) is 5.92 Å². The fourth-order valence-corrected chi connectivity index (χ4v) is 5.28. The van der Waals surface area contributed by atoms with Crippen molar-refractivity contribution in [2.75, 3.05) is 4.90 Å². The van der Waals surface area contributed by atoms with Gasteiger partial charge in [-0.15, -0.1) is 21.5 Å². The minimum Gasteiger partial charge on any atom is -0.348 e. The van der Waals surface area contributed by atoms with Crippen molar-refractivity contribution in [3.8, 4) is 0 Å². The molecule has 2 aliphatic rings. The third-order valence-corrected chi connectivity index (χ3v) is 6.86. The highest BCUT2D eigenvalue weighted by Gasteiger charge is 2.45. The van der Waals surface area contributed by atoms with Crippen LogP contribution in [0.25, 0.3) is 0 Å². The summed E-state index contributed by atoms with van der Waals surface area (Å²) in [5, 5.41) is 13.4. The average molecular weight is 422 g/mol. The van der Waals surface area contributed by atoms with Crippen molar-refractivity contribution in [3.05, 3.63) is 63.9 Å². The number of hydrogen-bond donors (Lipinski definition) is 1. The van der Waals surface area contributed by atoms with Gasteiger partial charge in [0.1, 0.15) is 5.82 Å². The predicted molar refractivity (Wildman–Crippen MR) is 114 cm³/mol. The molecule has 4 heterocycles. The number of amides is 2. The Hall–Kier alpha value is -3.00. The van der Waals surface area contributed by atoms with Crippen LogP contribution in [-0.4, -0.2) is 26.6 Å². The standard InChI is InChI=1S/C22H23N5O2S/c1-14-6-8-15(9-7-14)27-20(28)12-16(21(27)17-4-3-11-30-17)22(29)23-13-19-25-24-18-5-2-10-26(18)19/h3-4,6-9,11,16,21H,2,5,10,12-13H2,1H3,(H,23,29). The zero-order valence-corrected chi connectivity index (χ0v) is 17.6. The third-order valence-electron chi connectivity index (χ3n) is 5.91. The minimum absolute atomic E-state index is 0.0271. The molecule has 0 saturated carbocycles. The topological polar surface area (TPSA) is 80.1 Å². The molecule has 0 spiro atoms. The van der Waals surface area contributed by atoms with E-state index in [9.17, 15) is 9.59 Å². The van der Waals surface area contributed by atoms with Gasteiger partial charge in [-0.2, -0.15) is 0 Å². The van der Waals surface area contributed by atoms with E-state index in [-0.39, 0.29) is 24.3 Å². The zero-order chi connectivity index (χ0) is 20.7. The van der Waals surface area contributed by atoms with Crippen LogP contribution in [0.3, 0.4) is 0 Å². The van der Waals surface area contributed by atoms with Gasteiger partial charge in [-0.25, -0.2) is 0 Å². The van der Waals surface area contributed by atoms with Gasteiger partial charge >= 0.3 is 0 Å². The number of benzene rings is 1. The van der Waals surface area contributed by atoms with Gasteiger partial charge in [0, 0.05) is 30.0 Å². The normalized spacial score (nSPS) is 20.6. The molecule has 8 heteroatoms. The molecule has 3 aromatic rings. The molecule has 0 bridgehead atoms. The second-order valence-electron chi connectivity index (χ2n) is 7.88. The highest BCUT2D eigenvalue weighted by Crippen LogP contribution is 2.43. The van der Waals surface area contributed by atoms with Crippen molar-refractivity contribution < 1.29 is 9.59 Å². The molecule has 2 unspecified atom stereocenters. The van der Waals surface area contributed by atoms with Crippen molar-refractivity contribution in [2.45, 2.75) is 45.3 Å². The van der Waals surface area contributed by atoms with Crippen LogP contribution in [0.4, 0.5) is 5.69 Å². The van der Waals surface area contributed by atoms with E-state index in [0.29, 0.717) is 6.54 Å². The second kappa shape index (κ2) is 7.68. The van der Waals surface area contributed by atoms with Gasteiger partial charge < -0.3 is 14.8 Å². The van der Waals surface area contributed by atoms with Gasteiger partial charge in [0.2, 0.25) is 11.8 Å². The molecule has 1 aromatic carbocycles. The van der Waals surface area contributed by atoms with E-state index >= 15 is 0 Å². The van der Waals surface area contributed by atoms with Gasteiger partial charge in [-0.3, -0.25) is 9.59 Å². The lowest BCUT2D eigenvalue weighted by Gasteiger charge is -2.27. The van der Waals surface area contributed by atoms with Crippen LogP contribution in [0, 0.1) is 12.8 Å². The average Bonchev–Trinajstić information content (AvgIpc) is 3.51. The van der Waals surface area contributed by atoms with Gasteiger partial charge in [0.05, 0.1) is 18.5 Å². The molecule has 7 nitrogen and oxygen atoms in total. The number of aryl methyl sites for hydroxylation is 2. The SMILES string of the molecule is Cc1ccc(N2C(=O)CC(C(=O)NCc3nnc4n3CCC4)C2c2cccs2)cc1. The fraction of sp³-hybridized carbons (Fsp3) is 0.364. The maximum atomic E-state index is 13.2. The predicted octanol–water partition coefficient (Wildman–Crippen LogP) is 3.00. The maximum Gasteiger partial charge on any atom is 0.228 e. The quantitative estimate of drug-likeness (QED) is 0.687. The zero-order valence-electron chi connectivity index (χ0n) is 16.7. The lowest BCUT2D eigenvalue weighted by atomic mass is 9.97. The summed E-state index contributed by atoms with van der Waals surface area (Å²) in [6, 6.07) is 11.6. The molecule has 2 atom stereocenters. The number of nitrogens with zero attached hydrogens (tertiary/aromatic N) is 4. The highest BCUT2D eigenvalue weighted by molar-refractivity contribution is 7.10. The maximum absolute atomic E-state index is 13.2. The smallest absolute Gasteiger partial charge is 0.228 e. The molecule has 154 valence electrons. The summed E-state index contributed by atoms with van der Waals surface area (Å²) in [7, 11) is 0. The number of fused-ring (bicyclic) bond motifs is 1. The lowest BCUT2D eigenvalue weighted by Crippen LogP contribution is -2.35. The first-order valence-corrected chi connectivity index (χ1v) is 11.1. The number of anilines is 1. The van der Waals surface area contributed by atoms with Crippen LogP contribution in [-0.2, 0) is 29.1 Å². The number of nitrogens with one attached hydrogen (secondary N) is 1. The fourth-order valence-electron chi connectivity index (χ4n) is 4.40. The van der Waals surface area contributed by atoms with Crippen LogP contribution >= 0.6 is 11.3 Å². The van der Waals surface area contributed by atoms with E-state index in [2.05, 4.69) is 20.1 Å². The van der Waals surface area contributed by atoms with Crippen LogP contribution < -0.4 is 10.2 Å². The Morgan fingerprint density at radius 1 is 1.23 bits per heavy atom. The molecule has 0 radical (unpaired) electrons. The number of aromatic nitrogens is 3. The van der Waals surface area contributed by atoms with E-state index < -0.39 is 5.92 Å². The molecule has 1 N–H and O–H groups in total. The second-order valence-corrected chi connectivity index (χ2v) is 8.85. The summed E-state index contributed by atoms with van der Waals surface area (Å²) in [5.74, 6) is 1.17. The van der Waals surface area contributed by atoms with Crippen molar-refractivity contribution >= 4 is 28.8 Å². The van der Waals surface area contributed by atoms with E-state index in [1.54, 1.807) is 16.2 Å². The summed E-state index contributed by atoms with van der Waals surface area (Å²) in [6.45, 7) is 3.25. The Bertz CT molecular complexity index is 1070. The Morgan fingerprint density at radius 3 is 2.83 bits per heavy atom. The molecular weight excluding hydrogens is 398 g/mol. The Labute approximate surface area is 178 Å². The summed E-state index contributed by atoms with van der Waals surface area (Å²) >= 11 is 1.58. The highest BCUT2D eigenvalue weighted by atomic mass is 32.1. The Balaban J connectivity index is 1.39. The monoisotopic (exact) mass is 421 g/mol. The van der Waals surface area contributed by atoms with Crippen LogP contribution in [0.15, 0.2) is 41.8 Å². The molecular formula is C22H23N5O2S.